The Morgan fingerprint density at radius 2 is 1.88 bits per heavy atom. The van der Waals surface area contributed by atoms with Crippen LogP contribution in [0.5, 0.6) is 0 Å². The third-order valence-electron chi connectivity index (χ3n) is 2.70. The molecule has 0 radical (unpaired) electrons. The van der Waals surface area contributed by atoms with Crippen LogP contribution in [0.3, 0.4) is 0 Å². The van der Waals surface area contributed by atoms with Crippen LogP contribution in [0.1, 0.15) is 5.56 Å². The number of halogens is 1. The predicted octanol–water partition coefficient (Wildman–Crippen LogP) is 2.94. The summed E-state index contributed by atoms with van der Waals surface area (Å²) in [5, 5.41) is 5.23. The SMILES string of the molecule is CNC[C@H](F)Cc1ccc2ccccc2c1. The molecule has 0 aromatic heterocycles. The van der Waals surface area contributed by atoms with E-state index in [2.05, 4.69) is 29.6 Å². The highest BCUT2D eigenvalue weighted by molar-refractivity contribution is 5.82. The summed E-state index contributed by atoms with van der Waals surface area (Å²) < 4.78 is 13.4. The second kappa shape index (κ2) is 5.08. The molecule has 2 aromatic carbocycles. The highest BCUT2D eigenvalue weighted by Crippen LogP contribution is 2.17. The van der Waals surface area contributed by atoms with Crippen LogP contribution >= 0.6 is 0 Å². The molecule has 84 valence electrons. The standard InChI is InChI=1S/C14H16FN/c1-16-10-14(15)9-11-6-7-12-4-2-3-5-13(12)8-11/h2-8,14,16H,9-10H2,1H3/t14-/m1/s1. The summed E-state index contributed by atoms with van der Waals surface area (Å²) in [6, 6.07) is 14.3. The Bertz CT molecular complexity index is 467. The van der Waals surface area contributed by atoms with Crippen LogP contribution in [0, 0.1) is 0 Å². The minimum atomic E-state index is -0.814. The van der Waals surface area contributed by atoms with Crippen LogP contribution in [0.4, 0.5) is 4.39 Å². The Labute approximate surface area is 95.3 Å². The van der Waals surface area contributed by atoms with E-state index in [4.69, 9.17) is 0 Å². The molecule has 2 heteroatoms. The monoisotopic (exact) mass is 217 g/mol. The minimum absolute atomic E-state index is 0.410. The Balaban J connectivity index is 2.19. The van der Waals surface area contributed by atoms with Gasteiger partial charge in [-0.3, -0.25) is 0 Å². The molecule has 0 unspecified atom stereocenters. The second-order valence-electron chi connectivity index (χ2n) is 4.04. The van der Waals surface area contributed by atoms with E-state index in [1.54, 1.807) is 7.05 Å². The number of hydrogen-bond acceptors (Lipinski definition) is 1. The molecular weight excluding hydrogens is 201 g/mol. The van der Waals surface area contributed by atoms with Gasteiger partial charge in [0.25, 0.3) is 0 Å². The zero-order chi connectivity index (χ0) is 11.4. The lowest BCUT2D eigenvalue weighted by Crippen LogP contribution is -2.21. The largest absolute Gasteiger partial charge is 0.317 e. The number of rotatable bonds is 4. The fourth-order valence-electron chi connectivity index (χ4n) is 1.92. The highest BCUT2D eigenvalue weighted by atomic mass is 19.1. The van der Waals surface area contributed by atoms with Gasteiger partial charge < -0.3 is 5.32 Å². The van der Waals surface area contributed by atoms with Gasteiger partial charge in [-0.15, -0.1) is 0 Å². The zero-order valence-electron chi connectivity index (χ0n) is 9.41. The molecule has 0 spiro atoms. The van der Waals surface area contributed by atoms with Gasteiger partial charge in [-0.25, -0.2) is 4.39 Å². The molecule has 16 heavy (non-hydrogen) atoms. The molecular formula is C14H16FN. The molecule has 1 N–H and O–H groups in total. The smallest absolute Gasteiger partial charge is 0.116 e. The average molecular weight is 217 g/mol. The molecule has 2 rings (SSSR count). The maximum atomic E-state index is 13.4. The molecule has 1 atom stereocenters. The summed E-state index contributed by atoms with van der Waals surface area (Å²) in [6.07, 6.45) is -0.336. The summed E-state index contributed by atoms with van der Waals surface area (Å²) in [5.74, 6) is 0. The van der Waals surface area contributed by atoms with E-state index in [9.17, 15) is 4.39 Å². The molecule has 0 saturated carbocycles. The van der Waals surface area contributed by atoms with Crippen LogP contribution in [0.15, 0.2) is 42.5 Å². The van der Waals surface area contributed by atoms with Gasteiger partial charge in [-0.1, -0.05) is 42.5 Å². The van der Waals surface area contributed by atoms with E-state index in [1.807, 2.05) is 18.2 Å². The molecule has 0 aliphatic rings. The number of fused-ring (bicyclic) bond motifs is 1. The summed E-state index contributed by atoms with van der Waals surface area (Å²) in [4.78, 5) is 0. The first-order valence-electron chi connectivity index (χ1n) is 5.56. The molecule has 0 aliphatic carbocycles. The zero-order valence-corrected chi connectivity index (χ0v) is 9.41. The topological polar surface area (TPSA) is 12.0 Å². The molecule has 1 nitrogen and oxygen atoms in total. The van der Waals surface area contributed by atoms with Crippen molar-refractivity contribution in [2.45, 2.75) is 12.6 Å². The summed E-state index contributed by atoms with van der Waals surface area (Å²) in [5.41, 5.74) is 1.06. The Morgan fingerprint density at radius 3 is 2.62 bits per heavy atom. The van der Waals surface area contributed by atoms with Crippen molar-refractivity contribution < 1.29 is 4.39 Å². The number of nitrogens with one attached hydrogen (secondary N) is 1. The van der Waals surface area contributed by atoms with Crippen LogP contribution in [0.2, 0.25) is 0 Å². The summed E-state index contributed by atoms with van der Waals surface area (Å²) in [7, 11) is 1.77. The second-order valence-corrected chi connectivity index (χ2v) is 4.04. The van der Waals surface area contributed by atoms with Gasteiger partial charge in [0.05, 0.1) is 0 Å². The van der Waals surface area contributed by atoms with E-state index in [0.29, 0.717) is 13.0 Å². The quantitative estimate of drug-likeness (QED) is 0.830. The molecule has 0 amide bonds. The highest BCUT2D eigenvalue weighted by Gasteiger charge is 2.06. The molecule has 0 saturated heterocycles. The Morgan fingerprint density at radius 1 is 1.12 bits per heavy atom. The molecule has 2 aromatic rings. The average Bonchev–Trinajstić information content (AvgIpc) is 2.29. The van der Waals surface area contributed by atoms with E-state index in [1.165, 1.54) is 10.8 Å². The predicted molar refractivity (Wildman–Crippen MR) is 66.5 cm³/mol. The lowest BCUT2D eigenvalue weighted by Gasteiger charge is -2.08. The fourth-order valence-corrected chi connectivity index (χ4v) is 1.92. The van der Waals surface area contributed by atoms with Gasteiger partial charge in [0.1, 0.15) is 6.17 Å². The minimum Gasteiger partial charge on any atom is -0.317 e. The van der Waals surface area contributed by atoms with Crippen molar-refractivity contribution in [3.8, 4) is 0 Å². The van der Waals surface area contributed by atoms with Crippen molar-refractivity contribution in [3.05, 3.63) is 48.0 Å². The van der Waals surface area contributed by atoms with Crippen molar-refractivity contribution >= 4 is 10.8 Å². The van der Waals surface area contributed by atoms with Crippen molar-refractivity contribution in [1.29, 1.82) is 0 Å². The number of hydrogen-bond donors (Lipinski definition) is 1. The van der Waals surface area contributed by atoms with Crippen LogP contribution in [-0.4, -0.2) is 19.8 Å². The number of alkyl halides is 1. The maximum Gasteiger partial charge on any atom is 0.116 e. The summed E-state index contributed by atoms with van der Waals surface area (Å²) >= 11 is 0. The third-order valence-corrected chi connectivity index (χ3v) is 2.70. The van der Waals surface area contributed by atoms with Crippen molar-refractivity contribution in [2.75, 3.05) is 13.6 Å². The van der Waals surface area contributed by atoms with Gasteiger partial charge in [-0.2, -0.15) is 0 Å². The fraction of sp³-hybridized carbons (Fsp3) is 0.286. The number of benzene rings is 2. The molecule has 0 bridgehead atoms. The van der Waals surface area contributed by atoms with E-state index >= 15 is 0 Å². The van der Waals surface area contributed by atoms with E-state index in [-0.39, 0.29) is 0 Å². The van der Waals surface area contributed by atoms with E-state index < -0.39 is 6.17 Å². The van der Waals surface area contributed by atoms with Crippen LogP contribution in [0.25, 0.3) is 10.8 Å². The van der Waals surface area contributed by atoms with Crippen molar-refractivity contribution in [2.24, 2.45) is 0 Å². The molecule has 0 fully saturated rings. The van der Waals surface area contributed by atoms with Crippen LogP contribution < -0.4 is 5.32 Å². The molecule has 0 heterocycles. The van der Waals surface area contributed by atoms with Crippen LogP contribution in [-0.2, 0) is 6.42 Å². The molecule has 0 aliphatic heterocycles. The Hall–Kier alpha value is -1.41. The van der Waals surface area contributed by atoms with Gasteiger partial charge in [0, 0.05) is 13.0 Å². The van der Waals surface area contributed by atoms with Crippen molar-refractivity contribution in [1.82, 2.24) is 5.32 Å². The van der Waals surface area contributed by atoms with Gasteiger partial charge in [-0.05, 0) is 23.4 Å². The van der Waals surface area contributed by atoms with Crippen molar-refractivity contribution in [3.63, 3.8) is 0 Å². The van der Waals surface area contributed by atoms with Gasteiger partial charge >= 0.3 is 0 Å². The first-order chi connectivity index (χ1) is 7.79. The normalized spacial score (nSPS) is 12.9. The van der Waals surface area contributed by atoms with Gasteiger partial charge in [0.2, 0.25) is 0 Å². The Kier molecular flexibility index (Phi) is 3.52. The third kappa shape index (κ3) is 2.58. The lowest BCUT2D eigenvalue weighted by molar-refractivity contribution is 0.324. The maximum absolute atomic E-state index is 13.4. The first kappa shape index (κ1) is 11.1. The lowest BCUT2D eigenvalue weighted by atomic mass is 10.0. The summed E-state index contributed by atoms with van der Waals surface area (Å²) in [6.45, 7) is 0.410. The van der Waals surface area contributed by atoms with E-state index in [0.717, 1.165) is 5.56 Å². The first-order valence-corrected chi connectivity index (χ1v) is 5.56. The van der Waals surface area contributed by atoms with Gasteiger partial charge in [0.15, 0.2) is 0 Å².